The molecule has 0 spiro atoms. The van der Waals surface area contributed by atoms with Gasteiger partial charge in [-0.3, -0.25) is 0 Å². The zero-order valence-electron chi connectivity index (χ0n) is 10.0. The lowest BCUT2D eigenvalue weighted by molar-refractivity contribution is 0.407. The summed E-state index contributed by atoms with van der Waals surface area (Å²) in [5, 5.41) is 0. The van der Waals surface area contributed by atoms with Crippen LogP contribution in [0.5, 0.6) is 0 Å². The second-order valence-electron chi connectivity index (χ2n) is 5.55. The summed E-state index contributed by atoms with van der Waals surface area (Å²) >= 11 is 0. The van der Waals surface area contributed by atoms with E-state index in [0.717, 1.165) is 18.9 Å². The fourth-order valence-electron chi connectivity index (χ4n) is 3.30. The SMILES string of the molecule is CC1CC(N)Cn2cc(C3CCCC3)nc21. The third-order valence-electron chi connectivity index (χ3n) is 4.13. The fraction of sp³-hybridized carbons (Fsp3) is 0.769. The van der Waals surface area contributed by atoms with Gasteiger partial charge in [0.1, 0.15) is 5.82 Å². The van der Waals surface area contributed by atoms with Crippen molar-refractivity contribution >= 4 is 0 Å². The molecule has 3 rings (SSSR count). The third kappa shape index (κ3) is 1.67. The topological polar surface area (TPSA) is 43.8 Å². The highest BCUT2D eigenvalue weighted by molar-refractivity contribution is 5.15. The average molecular weight is 219 g/mol. The van der Waals surface area contributed by atoms with E-state index in [-0.39, 0.29) is 0 Å². The van der Waals surface area contributed by atoms with Crippen LogP contribution in [0.3, 0.4) is 0 Å². The van der Waals surface area contributed by atoms with Crippen molar-refractivity contribution in [2.45, 2.75) is 63.5 Å². The molecule has 2 unspecified atom stereocenters. The van der Waals surface area contributed by atoms with E-state index in [4.69, 9.17) is 10.7 Å². The van der Waals surface area contributed by atoms with Gasteiger partial charge in [0, 0.05) is 30.6 Å². The van der Waals surface area contributed by atoms with Crippen LogP contribution in [0.25, 0.3) is 0 Å². The minimum atomic E-state index is 0.313. The highest BCUT2D eigenvalue weighted by Gasteiger charge is 2.27. The molecule has 1 fully saturated rings. The van der Waals surface area contributed by atoms with Gasteiger partial charge >= 0.3 is 0 Å². The van der Waals surface area contributed by atoms with Crippen LogP contribution in [0.4, 0.5) is 0 Å². The normalized spacial score (nSPS) is 30.6. The smallest absolute Gasteiger partial charge is 0.111 e. The molecule has 0 saturated heterocycles. The Balaban J connectivity index is 1.90. The molecule has 1 aromatic rings. The lowest BCUT2D eigenvalue weighted by Crippen LogP contribution is -2.33. The molecule has 0 radical (unpaired) electrons. The average Bonchev–Trinajstić information content (AvgIpc) is 2.82. The lowest BCUT2D eigenvalue weighted by Gasteiger charge is -2.25. The molecule has 0 aromatic carbocycles. The number of rotatable bonds is 1. The summed E-state index contributed by atoms with van der Waals surface area (Å²) in [5.74, 6) is 2.52. The van der Waals surface area contributed by atoms with E-state index in [1.807, 2.05) is 0 Å². The first-order chi connectivity index (χ1) is 7.74. The first-order valence-electron chi connectivity index (χ1n) is 6.56. The number of nitrogens with zero attached hydrogens (tertiary/aromatic N) is 2. The van der Waals surface area contributed by atoms with Crippen molar-refractivity contribution < 1.29 is 0 Å². The highest BCUT2D eigenvalue weighted by Crippen LogP contribution is 2.35. The van der Waals surface area contributed by atoms with E-state index in [2.05, 4.69) is 17.7 Å². The molecule has 2 aliphatic rings. The van der Waals surface area contributed by atoms with Crippen molar-refractivity contribution in [1.82, 2.24) is 9.55 Å². The minimum Gasteiger partial charge on any atom is -0.333 e. The summed E-state index contributed by atoms with van der Waals surface area (Å²) in [5.41, 5.74) is 7.38. The highest BCUT2D eigenvalue weighted by atomic mass is 15.1. The predicted octanol–water partition coefficient (Wildman–Crippen LogP) is 2.38. The van der Waals surface area contributed by atoms with Gasteiger partial charge in [-0.2, -0.15) is 0 Å². The molecule has 88 valence electrons. The quantitative estimate of drug-likeness (QED) is 0.788. The Kier molecular flexibility index (Phi) is 2.51. The Bertz CT molecular complexity index is 377. The van der Waals surface area contributed by atoms with Crippen LogP contribution < -0.4 is 5.73 Å². The van der Waals surface area contributed by atoms with Crippen LogP contribution in [-0.4, -0.2) is 15.6 Å². The van der Waals surface area contributed by atoms with Crippen molar-refractivity contribution in [3.05, 3.63) is 17.7 Å². The number of aromatic nitrogens is 2. The molecule has 2 N–H and O–H groups in total. The zero-order chi connectivity index (χ0) is 11.1. The number of nitrogens with two attached hydrogens (primary N) is 1. The molecular formula is C13H21N3. The Morgan fingerprint density at radius 3 is 2.88 bits per heavy atom. The number of fused-ring (bicyclic) bond motifs is 1. The van der Waals surface area contributed by atoms with E-state index in [0.29, 0.717) is 12.0 Å². The maximum Gasteiger partial charge on any atom is 0.111 e. The summed E-state index contributed by atoms with van der Waals surface area (Å²) in [7, 11) is 0. The van der Waals surface area contributed by atoms with Gasteiger partial charge in [0.15, 0.2) is 0 Å². The number of hydrogen-bond donors (Lipinski definition) is 1. The van der Waals surface area contributed by atoms with Gasteiger partial charge in [0.25, 0.3) is 0 Å². The predicted molar refractivity (Wildman–Crippen MR) is 64.4 cm³/mol. The van der Waals surface area contributed by atoms with Crippen molar-refractivity contribution in [3.8, 4) is 0 Å². The Hall–Kier alpha value is -0.830. The molecule has 16 heavy (non-hydrogen) atoms. The van der Waals surface area contributed by atoms with Crippen LogP contribution in [0.15, 0.2) is 6.20 Å². The monoisotopic (exact) mass is 219 g/mol. The molecule has 0 bridgehead atoms. The maximum absolute atomic E-state index is 6.05. The Morgan fingerprint density at radius 2 is 2.12 bits per heavy atom. The molecule has 2 heterocycles. The maximum atomic E-state index is 6.05. The van der Waals surface area contributed by atoms with E-state index in [9.17, 15) is 0 Å². The van der Waals surface area contributed by atoms with E-state index in [1.54, 1.807) is 0 Å². The van der Waals surface area contributed by atoms with Crippen molar-refractivity contribution in [3.63, 3.8) is 0 Å². The van der Waals surface area contributed by atoms with Crippen LogP contribution in [0.2, 0.25) is 0 Å². The molecule has 3 nitrogen and oxygen atoms in total. The second-order valence-corrected chi connectivity index (χ2v) is 5.55. The minimum absolute atomic E-state index is 0.313. The third-order valence-corrected chi connectivity index (χ3v) is 4.13. The standard InChI is InChI=1S/C13H21N3/c1-9-6-11(14)7-16-8-12(15-13(9)16)10-4-2-3-5-10/h8-11H,2-7,14H2,1H3. The van der Waals surface area contributed by atoms with Crippen LogP contribution in [-0.2, 0) is 6.54 Å². The van der Waals surface area contributed by atoms with Crippen molar-refractivity contribution in [1.29, 1.82) is 0 Å². The first kappa shape index (κ1) is 10.3. The Morgan fingerprint density at radius 1 is 1.38 bits per heavy atom. The largest absolute Gasteiger partial charge is 0.333 e. The van der Waals surface area contributed by atoms with Gasteiger partial charge < -0.3 is 10.3 Å². The lowest BCUT2D eigenvalue weighted by atomic mass is 9.98. The molecule has 3 heteroatoms. The first-order valence-corrected chi connectivity index (χ1v) is 6.56. The van der Waals surface area contributed by atoms with Gasteiger partial charge in [-0.25, -0.2) is 4.98 Å². The molecular weight excluding hydrogens is 198 g/mol. The van der Waals surface area contributed by atoms with Crippen LogP contribution in [0.1, 0.15) is 62.4 Å². The molecule has 2 atom stereocenters. The second kappa shape index (κ2) is 3.88. The van der Waals surface area contributed by atoms with Crippen molar-refractivity contribution in [2.24, 2.45) is 5.73 Å². The van der Waals surface area contributed by atoms with E-state index >= 15 is 0 Å². The summed E-state index contributed by atoms with van der Waals surface area (Å²) in [6.45, 7) is 3.20. The number of imidazole rings is 1. The van der Waals surface area contributed by atoms with Gasteiger partial charge in [-0.15, -0.1) is 0 Å². The fourth-order valence-corrected chi connectivity index (χ4v) is 3.30. The van der Waals surface area contributed by atoms with Gasteiger partial charge in [0.2, 0.25) is 0 Å². The van der Waals surface area contributed by atoms with Crippen LogP contribution >= 0.6 is 0 Å². The molecule has 0 amide bonds. The molecule has 1 aromatic heterocycles. The summed E-state index contributed by atoms with van der Waals surface area (Å²) < 4.78 is 2.30. The zero-order valence-corrected chi connectivity index (χ0v) is 10.0. The summed E-state index contributed by atoms with van der Waals surface area (Å²) in [6, 6.07) is 0.313. The summed E-state index contributed by atoms with van der Waals surface area (Å²) in [4.78, 5) is 4.86. The van der Waals surface area contributed by atoms with Crippen molar-refractivity contribution in [2.75, 3.05) is 0 Å². The Labute approximate surface area is 97.0 Å². The molecule has 1 aliphatic heterocycles. The molecule has 1 aliphatic carbocycles. The van der Waals surface area contributed by atoms with Crippen LogP contribution in [0, 0.1) is 0 Å². The summed E-state index contributed by atoms with van der Waals surface area (Å²) in [6.07, 6.45) is 8.76. The van der Waals surface area contributed by atoms with Gasteiger partial charge in [0.05, 0.1) is 5.69 Å². The van der Waals surface area contributed by atoms with E-state index in [1.165, 1.54) is 37.2 Å². The van der Waals surface area contributed by atoms with E-state index < -0.39 is 0 Å². The number of hydrogen-bond acceptors (Lipinski definition) is 2. The van der Waals surface area contributed by atoms with Gasteiger partial charge in [-0.05, 0) is 19.3 Å². The van der Waals surface area contributed by atoms with Gasteiger partial charge in [-0.1, -0.05) is 19.8 Å². The molecule has 1 saturated carbocycles.